The number of carbonyl (C=O) groups excluding carboxylic acids is 2. The van der Waals surface area contributed by atoms with Crippen molar-refractivity contribution in [2.75, 3.05) is 26.4 Å². The van der Waals surface area contributed by atoms with Crippen LogP contribution in [0.3, 0.4) is 0 Å². The van der Waals surface area contributed by atoms with Gasteiger partial charge in [0.2, 0.25) is 14.5 Å². The second kappa shape index (κ2) is 37.3. The zero-order valence-corrected chi connectivity index (χ0v) is 98.2. The number of aliphatic hydroxyl groups is 3. The van der Waals surface area contributed by atoms with Crippen molar-refractivity contribution >= 4 is 82.7 Å². The molecule has 1 heterocycles. The van der Waals surface area contributed by atoms with E-state index in [9.17, 15) is 54.6 Å². The predicted molar refractivity (Wildman–Crippen MR) is 579 cm³/mol. The zero-order chi connectivity index (χ0) is 106. The molecular weight excluding hydrogens is 1890 g/mol. The van der Waals surface area contributed by atoms with Gasteiger partial charge in [-0.2, -0.15) is 0 Å². The molecule has 1 saturated heterocycles. The van der Waals surface area contributed by atoms with Gasteiger partial charge in [0.25, 0.3) is 0 Å². The Kier molecular flexibility index (Phi) is 29.6. The predicted octanol–water partition coefficient (Wildman–Crippen LogP) is 31.1. The van der Waals surface area contributed by atoms with Gasteiger partial charge in [-0.15, -0.1) is 11.6 Å². The molecule has 17 fully saturated rings. The minimum absolute atomic E-state index is 0.0168. The third-order valence-corrected chi connectivity index (χ3v) is 54.9. The van der Waals surface area contributed by atoms with Gasteiger partial charge < -0.3 is 40.1 Å². The highest BCUT2D eigenvalue weighted by atomic mass is 36.0. The molecule has 20 aliphatic carbocycles. The maximum absolute atomic E-state index is 14.2. The van der Waals surface area contributed by atoms with Crippen LogP contribution in [0, 0.1) is 201 Å². The van der Waals surface area contributed by atoms with Crippen LogP contribution in [-0.2, 0) is 42.7 Å². The van der Waals surface area contributed by atoms with Crippen molar-refractivity contribution in [2.45, 2.75) is 468 Å². The van der Waals surface area contributed by atoms with Gasteiger partial charge in [-0.25, -0.2) is 4.21 Å². The lowest BCUT2D eigenvalue weighted by Crippen LogP contribution is -2.66. The van der Waals surface area contributed by atoms with E-state index in [1.807, 2.05) is 26.8 Å². The molecule has 19 heteroatoms. The van der Waals surface area contributed by atoms with Crippen LogP contribution in [0.4, 0.5) is 0 Å². The van der Waals surface area contributed by atoms with E-state index in [-0.39, 0.29) is 139 Å². The topological polar surface area (TPSA) is 242 Å². The first kappa shape index (κ1) is 113. The summed E-state index contributed by atoms with van der Waals surface area (Å²) in [4.78, 5) is 63.4. The molecule has 12 unspecified atom stereocenters. The summed E-state index contributed by atoms with van der Waals surface area (Å²) in [7, 11) is 7.36. The van der Waals surface area contributed by atoms with Crippen molar-refractivity contribution in [3.8, 4) is 0 Å². The fraction of sp³-hybridized carbons (Fsp3) is 0.895. The summed E-state index contributed by atoms with van der Waals surface area (Å²) in [6, 6.07) is 0. The lowest BCUT2D eigenvalue weighted by Gasteiger charge is -2.71. The number of ketones is 1. The summed E-state index contributed by atoms with van der Waals surface area (Å²) in [5, 5.41) is 63.0. The lowest BCUT2D eigenvalue weighted by molar-refractivity contribution is -0.203. The summed E-state index contributed by atoms with van der Waals surface area (Å²) in [5.74, 6) is 4.01. The Bertz CT molecular complexity index is 4710. The molecular formula is C124H196Cl4O14S. The number of allylic oxidation sites excluding steroid dienone is 8. The van der Waals surface area contributed by atoms with Gasteiger partial charge in [0, 0.05) is 38.1 Å². The first-order valence-corrected chi connectivity index (χ1v) is 61.2. The van der Waals surface area contributed by atoms with Gasteiger partial charge in [-0.3, -0.25) is 24.0 Å². The largest absolute Gasteiger partial charge is 0.481 e. The summed E-state index contributed by atoms with van der Waals surface area (Å²) >= 11 is 13.1. The Hall–Kier alpha value is -2.18. The van der Waals surface area contributed by atoms with Crippen molar-refractivity contribution in [3.63, 3.8) is 0 Å². The molecule has 0 aromatic heterocycles. The van der Waals surface area contributed by atoms with Crippen molar-refractivity contribution in [1.82, 2.24) is 0 Å². The fourth-order valence-corrected chi connectivity index (χ4v) is 42.8. The van der Waals surface area contributed by atoms with Crippen LogP contribution >= 0.6 is 44.6 Å². The second-order valence-corrected chi connectivity index (χ2v) is 64.5. The number of rotatable bonds is 4. The fourth-order valence-electron chi connectivity index (χ4n) is 42.4. The molecule has 14 nitrogen and oxygen atoms in total. The summed E-state index contributed by atoms with van der Waals surface area (Å²) < 4.78 is 19.0. The normalized spacial score (nSPS) is 52.4. The number of halogens is 4. The van der Waals surface area contributed by atoms with Crippen LogP contribution in [0.15, 0.2) is 46.6 Å². The van der Waals surface area contributed by atoms with Gasteiger partial charge in [0.15, 0.2) is 5.78 Å². The highest BCUT2D eigenvalue weighted by molar-refractivity contribution is 8.26. The van der Waals surface area contributed by atoms with E-state index in [2.05, 4.69) is 213 Å². The molecule has 6 N–H and O–H groups in total. The first-order chi connectivity index (χ1) is 65.7. The number of alkyl halides is 1. The van der Waals surface area contributed by atoms with E-state index in [0.717, 1.165) is 186 Å². The molecule has 0 bridgehead atoms. The van der Waals surface area contributed by atoms with E-state index in [0.29, 0.717) is 81.3 Å². The summed E-state index contributed by atoms with van der Waals surface area (Å²) in [5.41, 5.74) is 6.80. The van der Waals surface area contributed by atoms with Gasteiger partial charge in [0.05, 0.1) is 61.0 Å². The van der Waals surface area contributed by atoms with Gasteiger partial charge in [-0.05, 0) is 462 Å². The van der Waals surface area contributed by atoms with E-state index < -0.39 is 43.4 Å². The number of ether oxygens (including phenoxy) is 2. The average Bonchev–Trinajstić information content (AvgIpc) is 0.828. The highest BCUT2D eigenvalue weighted by Gasteiger charge is 2.76. The number of hydrogen-bond acceptors (Lipinski definition) is 11. The number of carboxylic acid groups (broad SMARTS) is 3. The lowest BCUT2D eigenvalue weighted by atomic mass is 9.33. The number of aliphatic carboxylic acids is 3. The van der Waals surface area contributed by atoms with Crippen LogP contribution in [0.1, 0.15) is 444 Å². The molecule has 1 aliphatic heterocycles. The van der Waals surface area contributed by atoms with Crippen molar-refractivity contribution < 1.29 is 68.3 Å². The third kappa shape index (κ3) is 17.0. The van der Waals surface area contributed by atoms with Crippen molar-refractivity contribution in [2.24, 2.45) is 201 Å². The minimum Gasteiger partial charge on any atom is -0.481 e. The second-order valence-electron chi connectivity index (χ2n) is 61.1. The van der Waals surface area contributed by atoms with E-state index in [1.54, 1.807) is 16.7 Å². The molecule has 21 rings (SSSR count). The number of hydrogen-bond donors (Lipinski definition) is 6. The molecule has 0 aromatic rings. The van der Waals surface area contributed by atoms with Gasteiger partial charge in [0.1, 0.15) is 0 Å². The molecule has 0 aromatic carbocycles. The van der Waals surface area contributed by atoms with Crippen LogP contribution < -0.4 is 0 Å². The average molecular weight is 2080 g/mol. The smallest absolute Gasteiger partial charge is 0.309 e. The number of aliphatic hydroxyl groups excluding tert-OH is 3. The molecule has 143 heavy (non-hydrogen) atoms. The Morgan fingerprint density at radius 2 is 0.559 bits per heavy atom. The van der Waals surface area contributed by atoms with Gasteiger partial charge >= 0.3 is 17.9 Å². The summed E-state index contributed by atoms with van der Waals surface area (Å²) in [6.45, 7) is 70.0. The van der Waals surface area contributed by atoms with Crippen molar-refractivity contribution in [3.05, 3.63) is 46.6 Å². The first-order valence-electron chi connectivity index (χ1n) is 57.6. The van der Waals surface area contributed by atoms with E-state index >= 15 is 0 Å². The van der Waals surface area contributed by atoms with Crippen molar-refractivity contribution in [1.29, 1.82) is 0 Å². The Morgan fingerprint density at radius 3 is 0.853 bits per heavy atom. The van der Waals surface area contributed by atoms with Gasteiger partial charge in [-0.1, -0.05) is 214 Å². The van der Waals surface area contributed by atoms with E-state index in [1.165, 1.54) is 95.5 Å². The monoisotopic (exact) mass is 2080 g/mol. The summed E-state index contributed by atoms with van der Waals surface area (Å²) in [6.07, 6.45) is 50.9. The quantitative estimate of drug-likeness (QED) is 0.0872. The molecule has 0 spiro atoms. The standard InChI is InChI=1S/C30H46Cl2O.C30H46O4.2C30H48O3.C4H8O2.Cl2OS/c1-25(2)21-10-13-30(7)22(28(21,5)12-11-23(25)31)9-8-19-20-18-27(4,24(32)33)15-14-26(20,3)16-17-29(19,30)6;1-25(2)21-8-11-30(7)23(28(21,5)10-9-22(25)32)20(31)16-18-19-17-27(4,24(33)34)13-12-26(19,3)14-15-29(18,30)6;2*1-25(2)21-10-13-30(7)22(28(21,5)12-11-23(25)31)9-8-19-20-18-27(4,24(32)33)15-14-26(20,3)16-17-29(19,30)6;1-2-6-4-3-5-1;1-4(2)3/h8,20-23H,9-18H2,1-7H3;16,19,21-23,32H,8-15,17H2,1-7H3,(H,33,34);2*8,20-23,31H,9-18H2,1-7H3,(H,32,33);1-4H2;/t20?,21?,22?,23-,26+,27-,28-,29-,30+;19?,21?,22-,23?,26+,27-,28-,29-,30+;2*20?,21?,22?,23-,26+,27-,28-,29-,30+;;/m0000../s1. The Balaban J connectivity index is 0.000000132. The maximum Gasteiger partial charge on any atom is 0.309 e. The Labute approximate surface area is 886 Å². The van der Waals surface area contributed by atoms with Crippen LogP contribution in [0.2, 0.25) is 0 Å². The molecule has 16 saturated carbocycles. The minimum atomic E-state index is -1.67. The molecule has 36 atom stereocenters. The molecule has 0 radical (unpaired) electrons. The SMILES string of the molecule is C1COCCO1.CC1(C)C2CC[C@]3(C)C(C(=O)C=C4C5C[C@@](C)(C(=O)O)CC[C@]5(C)CC[C@@]43C)[C@@]2(C)CC[C@@H]1O.CC1(C)C2CC[C@]3(C)C(CC=C4C5C[C@@](C)(C(=O)Cl)CC[C@]5(C)CC[C@@]43C)[C@@]2(C)CC[C@@H]1Cl.CC1(C)C2CC[C@]3(C)C(CC=C4C5C[C@@](C)(C(=O)O)CC[C@]5(C)CC[C@@]43C)[C@@]2(C)CC[C@@H]1O.CC1(C)C2CC[C@]3(C)C(CC=C4C5C[C@@](C)(C(=O)O)CC[C@]5(C)CC[C@@]43C)[C@@]2(C)CC[C@@H]1O.O=S(Cl)Cl. The van der Waals surface area contributed by atoms with Crippen LogP contribution in [-0.4, -0.2) is 114 Å². The zero-order valence-electron chi connectivity index (χ0n) is 94.3. The van der Waals surface area contributed by atoms with Crippen LogP contribution in [0.25, 0.3) is 0 Å². The third-order valence-electron chi connectivity index (χ3n) is 53.7. The number of carbonyl (C=O) groups is 5. The number of fused-ring (bicyclic) bond motifs is 28. The molecule has 0 amide bonds. The maximum atomic E-state index is 14.2. The highest BCUT2D eigenvalue weighted by Crippen LogP contribution is 2.83. The number of carboxylic acids is 3. The Morgan fingerprint density at radius 1 is 0.315 bits per heavy atom. The molecule has 21 aliphatic rings. The van der Waals surface area contributed by atoms with Crippen LogP contribution in [0.5, 0.6) is 0 Å². The van der Waals surface area contributed by atoms with E-state index in [4.69, 9.17) is 36.9 Å². The molecule has 810 valence electrons.